The summed E-state index contributed by atoms with van der Waals surface area (Å²) >= 11 is 0. The van der Waals surface area contributed by atoms with Crippen LogP contribution in [0.2, 0.25) is 0 Å². The van der Waals surface area contributed by atoms with Gasteiger partial charge in [0.05, 0.1) is 17.7 Å². The molecule has 1 aromatic heterocycles. The molecule has 0 bridgehead atoms. The highest BCUT2D eigenvalue weighted by atomic mass is 19.4. The normalized spacial score (nSPS) is 26.6. The van der Waals surface area contributed by atoms with Crippen molar-refractivity contribution in [2.75, 3.05) is 6.54 Å². The van der Waals surface area contributed by atoms with Crippen molar-refractivity contribution < 1.29 is 13.2 Å². The minimum atomic E-state index is -4.11. The molecule has 0 aromatic carbocycles. The van der Waals surface area contributed by atoms with E-state index >= 15 is 0 Å². The zero-order chi connectivity index (χ0) is 14.3. The molecular formula is C13H20F3N3. The predicted molar refractivity (Wildman–Crippen MR) is 66.6 cm³/mol. The van der Waals surface area contributed by atoms with Gasteiger partial charge in [0.1, 0.15) is 0 Å². The molecule has 1 aliphatic heterocycles. The molecule has 3 nitrogen and oxygen atoms in total. The number of hydrogen-bond donors (Lipinski definition) is 1. The maximum Gasteiger partial charge on any atom is 0.391 e. The third kappa shape index (κ3) is 3.11. The van der Waals surface area contributed by atoms with Gasteiger partial charge in [-0.15, -0.1) is 0 Å². The molecule has 1 aliphatic rings. The van der Waals surface area contributed by atoms with Crippen molar-refractivity contribution in [3.8, 4) is 0 Å². The van der Waals surface area contributed by atoms with Crippen molar-refractivity contribution in [3.63, 3.8) is 0 Å². The highest BCUT2D eigenvalue weighted by molar-refractivity contribution is 5.09. The van der Waals surface area contributed by atoms with E-state index in [0.29, 0.717) is 6.54 Å². The Morgan fingerprint density at radius 2 is 2.00 bits per heavy atom. The lowest BCUT2D eigenvalue weighted by molar-refractivity contribution is -0.194. The molecule has 1 N–H and O–H groups in total. The first-order valence-electron chi connectivity index (χ1n) is 6.52. The molecule has 0 spiro atoms. The number of piperidine rings is 1. The number of rotatable bonds is 1. The molecule has 1 aromatic rings. The van der Waals surface area contributed by atoms with Gasteiger partial charge in [0.15, 0.2) is 0 Å². The summed E-state index contributed by atoms with van der Waals surface area (Å²) in [4.78, 5) is 2.13. The van der Waals surface area contributed by atoms with Crippen LogP contribution in [0.15, 0.2) is 12.3 Å². The molecule has 0 saturated carbocycles. The maximum absolute atomic E-state index is 12.9. The van der Waals surface area contributed by atoms with Gasteiger partial charge in [0, 0.05) is 11.7 Å². The second kappa shape index (κ2) is 4.81. The van der Waals surface area contributed by atoms with E-state index in [4.69, 9.17) is 0 Å². The standard InChI is InChI=1S/C13H20F3N3/c1-12(2,3)19-7-5-9(13(14,15)16)8-11(19)10-4-6-17-18-10/h4,6,9,11H,5,7-8H2,1-3H3,(H,17,18)/t9-,11+/m1/s1. The van der Waals surface area contributed by atoms with E-state index in [1.165, 1.54) is 0 Å². The van der Waals surface area contributed by atoms with Crippen LogP contribution in [0.5, 0.6) is 0 Å². The average Bonchev–Trinajstić information content (AvgIpc) is 2.79. The first-order valence-corrected chi connectivity index (χ1v) is 6.52. The zero-order valence-electron chi connectivity index (χ0n) is 11.5. The summed E-state index contributed by atoms with van der Waals surface area (Å²) in [5.41, 5.74) is 0.607. The molecule has 0 radical (unpaired) electrons. The molecule has 19 heavy (non-hydrogen) atoms. The molecule has 1 fully saturated rings. The third-order valence-electron chi connectivity index (χ3n) is 3.81. The lowest BCUT2D eigenvalue weighted by atomic mass is 9.85. The summed E-state index contributed by atoms with van der Waals surface area (Å²) in [6.45, 7) is 6.55. The number of nitrogens with one attached hydrogen (secondary N) is 1. The van der Waals surface area contributed by atoms with Crippen molar-refractivity contribution in [1.82, 2.24) is 15.1 Å². The summed E-state index contributed by atoms with van der Waals surface area (Å²) in [6, 6.07) is 1.52. The molecule has 0 aliphatic carbocycles. The molecule has 108 valence electrons. The third-order valence-corrected chi connectivity index (χ3v) is 3.81. The fraction of sp³-hybridized carbons (Fsp3) is 0.769. The fourth-order valence-corrected chi connectivity index (χ4v) is 2.81. The summed E-state index contributed by atoms with van der Waals surface area (Å²) < 4.78 is 38.8. The first kappa shape index (κ1) is 14.4. The second-order valence-corrected chi connectivity index (χ2v) is 6.15. The van der Waals surface area contributed by atoms with E-state index in [0.717, 1.165) is 5.69 Å². The van der Waals surface area contributed by atoms with Crippen LogP contribution < -0.4 is 0 Å². The van der Waals surface area contributed by atoms with Crippen LogP contribution in [0, 0.1) is 5.92 Å². The predicted octanol–water partition coefficient (Wildman–Crippen LogP) is 3.52. The number of hydrogen-bond acceptors (Lipinski definition) is 2. The van der Waals surface area contributed by atoms with E-state index in [1.807, 2.05) is 20.8 Å². The largest absolute Gasteiger partial charge is 0.391 e. The van der Waals surface area contributed by atoms with Gasteiger partial charge < -0.3 is 0 Å². The Morgan fingerprint density at radius 1 is 1.32 bits per heavy atom. The van der Waals surface area contributed by atoms with E-state index in [9.17, 15) is 13.2 Å². The highest BCUT2D eigenvalue weighted by Gasteiger charge is 2.46. The SMILES string of the molecule is CC(C)(C)N1CC[C@@H](C(F)(F)F)C[C@H]1c1ccn[nH]1. The Bertz CT molecular complexity index is 406. The number of halogens is 3. The molecular weight excluding hydrogens is 255 g/mol. The van der Waals surface area contributed by atoms with Crippen LogP contribution in [0.1, 0.15) is 45.3 Å². The van der Waals surface area contributed by atoms with Crippen LogP contribution in [-0.4, -0.2) is 33.4 Å². The number of likely N-dealkylation sites (tertiary alicyclic amines) is 1. The van der Waals surface area contributed by atoms with Crippen LogP contribution >= 0.6 is 0 Å². The van der Waals surface area contributed by atoms with Gasteiger partial charge >= 0.3 is 6.18 Å². The van der Waals surface area contributed by atoms with Crippen molar-refractivity contribution >= 4 is 0 Å². The average molecular weight is 275 g/mol. The Kier molecular flexibility index (Phi) is 3.64. The summed E-state index contributed by atoms with van der Waals surface area (Å²) in [5.74, 6) is -1.22. The van der Waals surface area contributed by atoms with Gasteiger partial charge in [-0.2, -0.15) is 18.3 Å². The van der Waals surface area contributed by atoms with E-state index < -0.39 is 12.1 Å². The van der Waals surface area contributed by atoms with E-state index in [2.05, 4.69) is 15.1 Å². The summed E-state index contributed by atoms with van der Waals surface area (Å²) in [5, 5.41) is 6.69. The van der Waals surface area contributed by atoms with Gasteiger partial charge in [-0.1, -0.05) is 0 Å². The minimum absolute atomic E-state index is 0.100. The van der Waals surface area contributed by atoms with Crippen molar-refractivity contribution in [1.29, 1.82) is 0 Å². The van der Waals surface area contributed by atoms with Crippen LogP contribution in [-0.2, 0) is 0 Å². The quantitative estimate of drug-likeness (QED) is 0.850. The lowest BCUT2D eigenvalue weighted by Crippen LogP contribution is -2.50. The van der Waals surface area contributed by atoms with Crippen LogP contribution in [0.25, 0.3) is 0 Å². The van der Waals surface area contributed by atoms with Gasteiger partial charge in [-0.25, -0.2) is 0 Å². The van der Waals surface area contributed by atoms with Gasteiger partial charge in [-0.3, -0.25) is 10.00 Å². The van der Waals surface area contributed by atoms with Gasteiger partial charge in [0.25, 0.3) is 0 Å². The molecule has 1 saturated heterocycles. The van der Waals surface area contributed by atoms with Crippen LogP contribution in [0.3, 0.4) is 0 Å². The molecule has 2 rings (SSSR count). The Balaban J connectivity index is 2.25. The van der Waals surface area contributed by atoms with Gasteiger partial charge in [0.2, 0.25) is 0 Å². The van der Waals surface area contributed by atoms with Crippen molar-refractivity contribution in [3.05, 3.63) is 18.0 Å². The Hall–Kier alpha value is -1.04. The molecule has 2 atom stereocenters. The first-order chi connectivity index (χ1) is 8.69. The number of H-pyrrole nitrogens is 1. The van der Waals surface area contributed by atoms with E-state index in [1.54, 1.807) is 12.3 Å². The number of nitrogens with zero attached hydrogens (tertiary/aromatic N) is 2. The summed E-state index contributed by atoms with van der Waals surface area (Å²) in [6.07, 6.45) is -2.25. The summed E-state index contributed by atoms with van der Waals surface area (Å²) in [7, 11) is 0. The van der Waals surface area contributed by atoms with Gasteiger partial charge in [-0.05, 0) is 46.2 Å². The number of aromatic amines is 1. The molecule has 2 heterocycles. The Morgan fingerprint density at radius 3 is 2.47 bits per heavy atom. The lowest BCUT2D eigenvalue weighted by Gasteiger charge is -2.46. The molecule has 0 unspecified atom stereocenters. The zero-order valence-corrected chi connectivity index (χ0v) is 11.5. The van der Waals surface area contributed by atoms with Crippen molar-refractivity contribution in [2.45, 2.75) is 51.4 Å². The second-order valence-electron chi connectivity index (χ2n) is 6.15. The minimum Gasteiger partial charge on any atom is -0.290 e. The highest BCUT2D eigenvalue weighted by Crippen LogP contribution is 2.43. The number of aromatic nitrogens is 2. The molecule has 0 amide bonds. The molecule has 6 heteroatoms. The topological polar surface area (TPSA) is 31.9 Å². The monoisotopic (exact) mass is 275 g/mol. The fourth-order valence-electron chi connectivity index (χ4n) is 2.81. The Labute approximate surface area is 111 Å². The van der Waals surface area contributed by atoms with Crippen LogP contribution in [0.4, 0.5) is 13.2 Å². The number of alkyl halides is 3. The van der Waals surface area contributed by atoms with E-state index in [-0.39, 0.29) is 24.4 Å². The maximum atomic E-state index is 12.9. The smallest absolute Gasteiger partial charge is 0.290 e. The van der Waals surface area contributed by atoms with Crippen molar-refractivity contribution in [2.24, 2.45) is 5.92 Å².